The molecule has 1 saturated heterocycles. The molecule has 0 aliphatic carbocycles. The minimum atomic E-state index is -0.625. The highest BCUT2D eigenvalue weighted by Crippen LogP contribution is 2.29. The molecule has 0 spiro atoms. The first-order chi connectivity index (χ1) is 14.4. The molecule has 0 bridgehead atoms. The molecule has 3 rings (SSSR count). The maximum absolute atomic E-state index is 12.4. The van der Waals surface area contributed by atoms with Crippen LogP contribution in [0.25, 0.3) is 0 Å². The van der Waals surface area contributed by atoms with Crippen LogP contribution in [0.3, 0.4) is 0 Å². The number of hydrogen-bond donors (Lipinski definition) is 1. The van der Waals surface area contributed by atoms with Crippen molar-refractivity contribution in [3.8, 4) is 0 Å². The van der Waals surface area contributed by atoms with E-state index in [1.54, 1.807) is 29.2 Å². The second-order valence-electron chi connectivity index (χ2n) is 7.15. The number of nitrogens with one attached hydrogen (secondary N) is 1. The Labute approximate surface area is 175 Å². The van der Waals surface area contributed by atoms with Crippen LogP contribution in [0.1, 0.15) is 36.2 Å². The zero-order chi connectivity index (χ0) is 21.7. The van der Waals surface area contributed by atoms with Crippen LogP contribution in [0.4, 0.5) is 11.4 Å². The van der Waals surface area contributed by atoms with Gasteiger partial charge in [0.15, 0.2) is 12.4 Å². The van der Waals surface area contributed by atoms with Crippen molar-refractivity contribution in [3.63, 3.8) is 0 Å². The van der Waals surface area contributed by atoms with Crippen LogP contribution < -0.4 is 10.2 Å². The van der Waals surface area contributed by atoms with Crippen LogP contribution in [0.5, 0.6) is 0 Å². The summed E-state index contributed by atoms with van der Waals surface area (Å²) in [6.45, 7) is 3.16. The molecule has 7 nitrogen and oxygen atoms in total. The van der Waals surface area contributed by atoms with Crippen LogP contribution in [0.2, 0.25) is 0 Å². The van der Waals surface area contributed by atoms with Crippen molar-refractivity contribution in [2.75, 3.05) is 23.4 Å². The van der Waals surface area contributed by atoms with Crippen molar-refractivity contribution in [2.45, 2.75) is 26.7 Å². The molecule has 30 heavy (non-hydrogen) atoms. The van der Waals surface area contributed by atoms with E-state index in [1.807, 2.05) is 31.2 Å². The van der Waals surface area contributed by atoms with E-state index in [2.05, 4.69) is 5.32 Å². The normalized spacial score (nSPS) is 15.7. The van der Waals surface area contributed by atoms with E-state index >= 15 is 0 Å². The summed E-state index contributed by atoms with van der Waals surface area (Å²) in [6.07, 6.45) is 0.822. The van der Waals surface area contributed by atoms with Gasteiger partial charge in [-0.2, -0.15) is 0 Å². The fraction of sp³-hybridized carbons (Fsp3) is 0.304. The average Bonchev–Trinajstić information content (AvgIpc) is 3.13. The fourth-order valence-corrected chi connectivity index (χ4v) is 3.51. The van der Waals surface area contributed by atoms with Gasteiger partial charge in [-0.05, 0) is 37.1 Å². The second kappa shape index (κ2) is 9.35. The lowest BCUT2D eigenvalue weighted by molar-refractivity contribution is -0.151. The van der Waals surface area contributed by atoms with Gasteiger partial charge in [-0.1, -0.05) is 37.3 Å². The monoisotopic (exact) mass is 408 g/mol. The number of nitrogens with zero attached hydrogens (tertiary/aromatic N) is 1. The highest BCUT2D eigenvalue weighted by molar-refractivity contribution is 6.04. The van der Waals surface area contributed by atoms with Crippen LogP contribution in [0.15, 0.2) is 48.5 Å². The van der Waals surface area contributed by atoms with E-state index in [-0.39, 0.29) is 24.7 Å². The van der Waals surface area contributed by atoms with E-state index in [9.17, 15) is 19.2 Å². The molecule has 1 aliphatic heterocycles. The van der Waals surface area contributed by atoms with E-state index in [1.165, 1.54) is 6.92 Å². The quantitative estimate of drug-likeness (QED) is 0.562. The molecule has 1 N–H and O–H groups in total. The number of ether oxygens (including phenoxy) is 1. The lowest BCUT2D eigenvalue weighted by Crippen LogP contribution is -2.28. The van der Waals surface area contributed by atoms with Gasteiger partial charge in [-0.25, -0.2) is 0 Å². The number of benzene rings is 2. The molecule has 0 aromatic heterocycles. The molecule has 1 unspecified atom stereocenters. The number of hydrogen-bond acceptors (Lipinski definition) is 5. The fourth-order valence-electron chi connectivity index (χ4n) is 3.51. The lowest BCUT2D eigenvalue weighted by atomic mass is 10.1. The van der Waals surface area contributed by atoms with Crippen molar-refractivity contribution in [1.29, 1.82) is 0 Å². The topological polar surface area (TPSA) is 92.8 Å². The zero-order valence-corrected chi connectivity index (χ0v) is 17.0. The summed E-state index contributed by atoms with van der Waals surface area (Å²) in [5.74, 6) is -2.08. The van der Waals surface area contributed by atoms with Gasteiger partial charge >= 0.3 is 5.97 Å². The molecule has 156 valence electrons. The number of carbonyl (C=O) groups excluding carboxylic acids is 4. The minimum Gasteiger partial charge on any atom is -0.455 e. The van der Waals surface area contributed by atoms with Gasteiger partial charge in [0.2, 0.25) is 5.91 Å². The number of Topliss-reactive ketones (excluding diaryl/α,β-unsaturated/α-hetero) is 1. The molecular formula is C23H24N2O5. The zero-order valence-electron chi connectivity index (χ0n) is 17.0. The number of amides is 2. The predicted molar refractivity (Wildman–Crippen MR) is 112 cm³/mol. The van der Waals surface area contributed by atoms with Crippen LogP contribution in [0, 0.1) is 5.92 Å². The first-order valence-corrected chi connectivity index (χ1v) is 9.85. The molecular weight excluding hydrogens is 384 g/mol. The van der Waals surface area contributed by atoms with Gasteiger partial charge in [-0.3, -0.25) is 19.2 Å². The third kappa shape index (κ3) is 4.74. The van der Waals surface area contributed by atoms with Gasteiger partial charge in [-0.15, -0.1) is 0 Å². The van der Waals surface area contributed by atoms with E-state index in [0.717, 1.165) is 17.7 Å². The van der Waals surface area contributed by atoms with E-state index in [4.69, 9.17) is 4.74 Å². The molecule has 2 aromatic rings. The Bertz CT molecular complexity index is 985. The number of para-hydroxylation sites is 2. The summed E-state index contributed by atoms with van der Waals surface area (Å²) in [5, 5.41) is 2.58. The predicted octanol–water partition coefficient (Wildman–Crippen LogP) is 2.99. The Morgan fingerprint density at radius 2 is 1.80 bits per heavy atom. The van der Waals surface area contributed by atoms with Crippen molar-refractivity contribution in [2.24, 2.45) is 5.92 Å². The van der Waals surface area contributed by atoms with Crippen molar-refractivity contribution in [1.82, 2.24) is 0 Å². The maximum Gasteiger partial charge on any atom is 0.311 e. The molecule has 1 aliphatic rings. The SMILES string of the molecule is CCc1ccccc1N1CC(C(=O)OCC(=O)Nc2ccccc2C(C)=O)CC1=O. The van der Waals surface area contributed by atoms with Crippen molar-refractivity contribution in [3.05, 3.63) is 59.7 Å². The summed E-state index contributed by atoms with van der Waals surface area (Å²) >= 11 is 0. The summed E-state index contributed by atoms with van der Waals surface area (Å²) in [5.41, 5.74) is 2.58. The second-order valence-corrected chi connectivity index (χ2v) is 7.15. The molecule has 2 aromatic carbocycles. The Morgan fingerprint density at radius 1 is 1.10 bits per heavy atom. The third-order valence-electron chi connectivity index (χ3n) is 5.05. The molecule has 0 saturated carbocycles. The van der Waals surface area contributed by atoms with Gasteiger partial charge in [0, 0.05) is 24.2 Å². The van der Waals surface area contributed by atoms with Crippen LogP contribution >= 0.6 is 0 Å². The molecule has 0 radical (unpaired) electrons. The Kier molecular flexibility index (Phi) is 6.61. The summed E-state index contributed by atoms with van der Waals surface area (Å²) in [4.78, 5) is 50.3. The number of carbonyl (C=O) groups is 4. The van der Waals surface area contributed by atoms with Crippen molar-refractivity contribution >= 4 is 34.9 Å². The minimum absolute atomic E-state index is 0.0473. The number of ketones is 1. The number of aryl methyl sites for hydroxylation is 1. The summed E-state index contributed by atoms with van der Waals surface area (Å²) in [7, 11) is 0. The smallest absolute Gasteiger partial charge is 0.311 e. The Hall–Kier alpha value is -3.48. The number of rotatable bonds is 7. The highest BCUT2D eigenvalue weighted by Gasteiger charge is 2.37. The van der Waals surface area contributed by atoms with Crippen LogP contribution in [-0.2, 0) is 25.5 Å². The first kappa shape index (κ1) is 21.2. The summed E-state index contributed by atoms with van der Waals surface area (Å²) in [6, 6.07) is 14.2. The van der Waals surface area contributed by atoms with E-state index < -0.39 is 24.4 Å². The van der Waals surface area contributed by atoms with Gasteiger partial charge < -0.3 is 15.0 Å². The van der Waals surface area contributed by atoms with Crippen molar-refractivity contribution < 1.29 is 23.9 Å². The average molecular weight is 408 g/mol. The molecule has 2 amide bonds. The molecule has 1 atom stereocenters. The van der Waals surface area contributed by atoms with E-state index in [0.29, 0.717) is 11.3 Å². The van der Waals surface area contributed by atoms with Gasteiger partial charge in [0.05, 0.1) is 11.6 Å². The van der Waals surface area contributed by atoms with Crippen LogP contribution in [-0.4, -0.2) is 36.7 Å². The largest absolute Gasteiger partial charge is 0.455 e. The first-order valence-electron chi connectivity index (χ1n) is 9.85. The van der Waals surface area contributed by atoms with Gasteiger partial charge in [0.25, 0.3) is 5.91 Å². The number of anilines is 2. The Balaban J connectivity index is 1.57. The Morgan fingerprint density at radius 3 is 2.53 bits per heavy atom. The number of esters is 1. The lowest BCUT2D eigenvalue weighted by Gasteiger charge is -2.19. The molecule has 7 heteroatoms. The molecule has 1 fully saturated rings. The maximum atomic E-state index is 12.4. The third-order valence-corrected chi connectivity index (χ3v) is 5.05. The van der Waals surface area contributed by atoms with Gasteiger partial charge in [0.1, 0.15) is 0 Å². The highest BCUT2D eigenvalue weighted by atomic mass is 16.5. The standard InChI is InChI=1S/C23H24N2O5/c1-3-16-8-4-7-11-20(16)25-13-17(12-22(25)28)23(29)30-14-21(27)24-19-10-6-5-9-18(19)15(2)26/h4-11,17H,3,12-14H2,1-2H3,(H,24,27). The summed E-state index contributed by atoms with van der Waals surface area (Å²) < 4.78 is 5.13. The molecule has 1 heterocycles.